The predicted molar refractivity (Wildman–Crippen MR) is 92.6 cm³/mol. The van der Waals surface area contributed by atoms with Crippen molar-refractivity contribution in [3.8, 4) is 11.3 Å². The van der Waals surface area contributed by atoms with Gasteiger partial charge in [-0.2, -0.15) is 0 Å². The molecule has 1 amide bonds. The van der Waals surface area contributed by atoms with Crippen molar-refractivity contribution >= 4 is 5.91 Å². The molecule has 1 aliphatic rings. The molecule has 3 aromatic rings. The van der Waals surface area contributed by atoms with Crippen LogP contribution in [0.15, 0.2) is 55.2 Å². The zero-order valence-electron chi connectivity index (χ0n) is 13.6. The topological polar surface area (TPSA) is 80.7 Å². The summed E-state index contributed by atoms with van der Waals surface area (Å²) in [7, 11) is 0. The lowest BCUT2D eigenvalue weighted by molar-refractivity contribution is 0.0926. The lowest BCUT2D eigenvalue weighted by Crippen LogP contribution is -2.32. The number of aromatic nitrogens is 4. The minimum atomic E-state index is -0.220. The van der Waals surface area contributed by atoms with Gasteiger partial charge >= 0.3 is 0 Å². The molecular formula is C19H17N5O. The molecule has 0 aliphatic heterocycles. The fourth-order valence-corrected chi connectivity index (χ4v) is 3.12. The second-order valence-electron chi connectivity index (χ2n) is 5.99. The highest BCUT2D eigenvalue weighted by atomic mass is 16.1. The number of rotatable bonds is 3. The SMILES string of the molecule is O=C(NC1CCCc2ccc(-c3ccncc3)nc21)c1cnccn1. The third kappa shape index (κ3) is 3.24. The summed E-state index contributed by atoms with van der Waals surface area (Å²) in [5.74, 6) is -0.220. The number of nitrogens with one attached hydrogen (secondary N) is 1. The van der Waals surface area contributed by atoms with Gasteiger partial charge in [-0.3, -0.25) is 19.7 Å². The molecule has 25 heavy (non-hydrogen) atoms. The second kappa shape index (κ2) is 6.76. The molecular weight excluding hydrogens is 314 g/mol. The summed E-state index contributed by atoms with van der Waals surface area (Å²) in [6, 6.07) is 7.90. The first-order valence-corrected chi connectivity index (χ1v) is 8.28. The van der Waals surface area contributed by atoms with Gasteiger partial charge in [-0.25, -0.2) is 4.98 Å². The van der Waals surface area contributed by atoms with Crippen molar-refractivity contribution in [3.63, 3.8) is 0 Å². The first-order valence-electron chi connectivity index (χ1n) is 8.28. The molecule has 1 unspecified atom stereocenters. The molecule has 1 atom stereocenters. The van der Waals surface area contributed by atoms with Crippen molar-refractivity contribution in [1.82, 2.24) is 25.3 Å². The van der Waals surface area contributed by atoms with E-state index in [0.29, 0.717) is 5.69 Å². The van der Waals surface area contributed by atoms with Crippen molar-refractivity contribution < 1.29 is 4.79 Å². The van der Waals surface area contributed by atoms with Crippen LogP contribution in [0.1, 0.15) is 40.6 Å². The molecule has 1 aliphatic carbocycles. The van der Waals surface area contributed by atoms with Crippen LogP contribution >= 0.6 is 0 Å². The molecule has 0 bridgehead atoms. The highest BCUT2D eigenvalue weighted by Crippen LogP contribution is 2.30. The number of pyridine rings is 2. The van der Waals surface area contributed by atoms with Crippen LogP contribution in [0.3, 0.4) is 0 Å². The average molecular weight is 331 g/mol. The van der Waals surface area contributed by atoms with E-state index in [2.05, 4.69) is 26.3 Å². The van der Waals surface area contributed by atoms with Crippen molar-refractivity contribution in [2.45, 2.75) is 25.3 Å². The van der Waals surface area contributed by atoms with E-state index in [1.165, 1.54) is 18.0 Å². The maximum absolute atomic E-state index is 12.4. The van der Waals surface area contributed by atoms with E-state index in [1.54, 1.807) is 18.6 Å². The van der Waals surface area contributed by atoms with Gasteiger partial charge in [-0.15, -0.1) is 0 Å². The first kappa shape index (κ1) is 15.4. The molecule has 0 spiro atoms. The maximum atomic E-state index is 12.4. The van der Waals surface area contributed by atoms with E-state index in [9.17, 15) is 4.79 Å². The highest BCUT2D eigenvalue weighted by Gasteiger charge is 2.24. The largest absolute Gasteiger partial charge is 0.342 e. The lowest BCUT2D eigenvalue weighted by atomic mass is 9.91. The Hall–Kier alpha value is -3.15. The number of amides is 1. The summed E-state index contributed by atoms with van der Waals surface area (Å²) in [4.78, 5) is 29.3. The van der Waals surface area contributed by atoms with Gasteiger partial charge in [0.05, 0.1) is 23.6 Å². The molecule has 3 heterocycles. The number of hydrogen-bond acceptors (Lipinski definition) is 5. The Balaban J connectivity index is 1.63. The molecule has 0 saturated heterocycles. The number of nitrogens with zero attached hydrogens (tertiary/aromatic N) is 4. The van der Waals surface area contributed by atoms with Gasteiger partial charge in [-0.1, -0.05) is 6.07 Å². The summed E-state index contributed by atoms with van der Waals surface area (Å²) in [6.45, 7) is 0. The summed E-state index contributed by atoms with van der Waals surface area (Å²) in [6.07, 6.45) is 10.9. The monoisotopic (exact) mass is 331 g/mol. The first-order chi connectivity index (χ1) is 12.3. The fourth-order valence-electron chi connectivity index (χ4n) is 3.12. The van der Waals surface area contributed by atoms with Gasteiger partial charge in [0.15, 0.2) is 0 Å². The maximum Gasteiger partial charge on any atom is 0.272 e. The van der Waals surface area contributed by atoms with Gasteiger partial charge < -0.3 is 5.32 Å². The van der Waals surface area contributed by atoms with Crippen LogP contribution in [0.5, 0.6) is 0 Å². The molecule has 6 nitrogen and oxygen atoms in total. The summed E-state index contributed by atoms with van der Waals surface area (Å²) in [5.41, 5.74) is 4.36. The molecule has 0 radical (unpaired) electrons. The fraction of sp³-hybridized carbons (Fsp3) is 0.211. The Labute approximate surface area is 145 Å². The molecule has 124 valence electrons. The zero-order chi connectivity index (χ0) is 17.1. The minimum absolute atomic E-state index is 0.111. The Kier molecular flexibility index (Phi) is 4.16. The molecule has 1 N–H and O–H groups in total. The number of carbonyl (C=O) groups excluding carboxylic acids is 1. The quantitative estimate of drug-likeness (QED) is 0.798. The Bertz CT molecular complexity index is 883. The van der Waals surface area contributed by atoms with E-state index >= 15 is 0 Å². The Morgan fingerprint density at radius 1 is 1.04 bits per heavy atom. The number of fused-ring (bicyclic) bond motifs is 1. The van der Waals surface area contributed by atoms with Crippen molar-refractivity contribution in [2.24, 2.45) is 0 Å². The van der Waals surface area contributed by atoms with Gasteiger partial charge in [0.1, 0.15) is 5.69 Å². The van der Waals surface area contributed by atoms with E-state index in [1.807, 2.05) is 18.2 Å². The predicted octanol–water partition coefficient (Wildman–Crippen LogP) is 2.74. The lowest BCUT2D eigenvalue weighted by Gasteiger charge is -2.25. The van der Waals surface area contributed by atoms with E-state index in [0.717, 1.165) is 36.2 Å². The molecule has 3 aromatic heterocycles. The third-order valence-corrected chi connectivity index (χ3v) is 4.36. The molecule has 4 rings (SSSR count). The van der Waals surface area contributed by atoms with Crippen LogP contribution < -0.4 is 5.32 Å². The normalized spacial score (nSPS) is 16.1. The smallest absolute Gasteiger partial charge is 0.272 e. The summed E-state index contributed by atoms with van der Waals surface area (Å²) in [5, 5.41) is 3.05. The van der Waals surface area contributed by atoms with Crippen LogP contribution in [0.4, 0.5) is 0 Å². The highest BCUT2D eigenvalue weighted by molar-refractivity contribution is 5.92. The zero-order valence-corrected chi connectivity index (χ0v) is 13.6. The second-order valence-corrected chi connectivity index (χ2v) is 5.99. The van der Waals surface area contributed by atoms with Crippen LogP contribution in [0.2, 0.25) is 0 Å². The number of carbonyl (C=O) groups is 1. The minimum Gasteiger partial charge on any atom is -0.342 e. The van der Waals surface area contributed by atoms with E-state index < -0.39 is 0 Å². The van der Waals surface area contributed by atoms with Crippen molar-refractivity contribution in [3.05, 3.63) is 72.2 Å². The number of hydrogen-bond donors (Lipinski definition) is 1. The van der Waals surface area contributed by atoms with E-state index in [4.69, 9.17) is 4.98 Å². The molecule has 0 fully saturated rings. The average Bonchev–Trinajstić information content (AvgIpc) is 2.69. The Morgan fingerprint density at radius 3 is 2.72 bits per heavy atom. The van der Waals surface area contributed by atoms with Crippen molar-refractivity contribution in [1.29, 1.82) is 0 Å². The number of aryl methyl sites for hydroxylation is 1. The van der Waals surface area contributed by atoms with Crippen LogP contribution in [-0.2, 0) is 6.42 Å². The summed E-state index contributed by atoms with van der Waals surface area (Å²) < 4.78 is 0. The molecule has 0 saturated carbocycles. The van der Waals surface area contributed by atoms with Gasteiger partial charge in [0.2, 0.25) is 0 Å². The molecule has 0 aromatic carbocycles. The van der Waals surface area contributed by atoms with Gasteiger partial charge in [0.25, 0.3) is 5.91 Å². The van der Waals surface area contributed by atoms with Crippen LogP contribution in [-0.4, -0.2) is 25.8 Å². The van der Waals surface area contributed by atoms with Crippen LogP contribution in [0, 0.1) is 0 Å². The van der Waals surface area contributed by atoms with Gasteiger partial charge in [0, 0.05) is 30.4 Å². The van der Waals surface area contributed by atoms with Gasteiger partial charge in [-0.05, 0) is 43.0 Å². The van der Waals surface area contributed by atoms with Crippen LogP contribution in [0.25, 0.3) is 11.3 Å². The Morgan fingerprint density at radius 2 is 1.92 bits per heavy atom. The van der Waals surface area contributed by atoms with Crippen molar-refractivity contribution in [2.75, 3.05) is 0 Å². The van der Waals surface area contributed by atoms with E-state index in [-0.39, 0.29) is 11.9 Å². The standard InChI is InChI=1S/C19H17N5O/c25-19(17-12-21-10-11-22-17)24-16-3-1-2-14-4-5-15(23-18(14)16)13-6-8-20-9-7-13/h4-12,16H,1-3H2,(H,24,25). The summed E-state index contributed by atoms with van der Waals surface area (Å²) >= 11 is 0. The molecule has 6 heteroatoms. The third-order valence-electron chi connectivity index (χ3n) is 4.36.